The van der Waals surface area contributed by atoms with Gasteiger partial charge in [0.2, 0.25) is 0 Å². The van der Waals surface area contributed by atoms with Gasteiger partial charge in [0.1, 0.15) is 23.6 Å². The molecule has 0 unspecified atom stereocenters. The average molecular weight is 362 g/mol. The second-order valence-corrected chi connectivity index (χ2v) is 5.88. The number of nitrogens with one attached hydrogen (secondary N) is 2. The summed E-state index contributed by atoms with van der Waals surface area (Å²) in [6.45, 7) is 4.66. The molecular weight excluding hydrogens is 340 g/mol. The van der Waals surface area contributed by atoms with E-state index in [0.717, 1.165) is 23.5 Å². The van der Waals surface area contributed by atoms with E-state index in [4.69, 9.17) is 4.74 Å². The molecule has 27 heavy (non-hydrogen) atoms. The molecule has 2 N–H and O–H groups in total. The predicted octanol–water partition coefficient (Wildman–Crippen LogP) is 4.43. The lowest BCUT2D eigenvalue weighted by Crippen LogP contribution is -2.14. The molecule has 3 rings (SSSR count). The Hall–Kier alpha value is -3.41. The smallest absolute Gasteiger partial charge is 0.274 e. The maximum absolute atomic E-state index is 12.4. The van der Waals surface area contributed by atoms with Crippen molar-refractivity contribution in [2.45, 2.75) is 20.3 Å². The Kier molecular flexibility index (Phi) is 5.99. The number of hydrogen-bond acceptors (Lipinski definition) is 5. The van der Waals surface area contributed by atoms with E-state index in [1.54, 1.807) is 6.07 Å². The van der Waals surface area contributed by atoms with Crippen LogP contribution in [0.1, 0.15) is 29.9 Å². The van der Waals surface area contributed by atoms with Crippen LogP contribution in [0.2, 0.25) is 0 Å². The van der Waals surface area contributed by atoms with Crippen LogP contribution in [0.3, 0.4) is 0 Å². The summed E-state index contributed by atoms with van der Waals surface area (Å²) < 4.78 is 5.43. The number of anilines is 3. The first kappa shape index (κ1) is 18.4. The van der Waals surface area contributed by atoms with Crippen LogP contribution in [-0.2, 0) is 6.42 Å². The molecule has 3 aromatic rings. The average Bonchev–Trinajstić information content (AvgIpc) is 2.70. The van der Waals surface area contributed by atoms with Gasteiger partial charge < -0.3 is 15.4 Å². The zero-order valence-corrected chi connectivity index (χ0v) is 15.4. The van der Waals surface area contributed by atoms with Gasteiger partial charge in [-0.15, -0.1) is 0 Å². The number of hydrogen-bond donors (Lipinski definition) is 2. The first-order valence-corrected chi connectivity index (χ1v) is 8.90. The Morgan fingerprint density at radius 3 is 2.33 bits per heavy atom. The number of carbonyl (C=O) groups excluding carboxylic acids is 1. The third-order valence-corrected chi connectivity index (χ3v) is 3.96. The number of nitrogens with zero attached hydrogens (tertiary/aromatic N) is 2. The zero-order valence-electron chi connectivity index (χ0n) is 15.4. The van der Waals surface area contributed by atoms with Gasteiger partial charge in [-0.05, 0) is 55.3 Å². The molecule has 6 nitrogen and oxygen atoms in total. The molecular formula is C21H22N4O2. The highest BCUT2D eigenvalue weighted by Crippen LogP contribution is 2.19. The van der Waals surface area contributed by atoms with Crippen LogP contribution in [0, 0.1) is 0 Å². The Balaban J connectivity index is 1.67. The Morgan fingerprint density at radius 2 is 1.67 bits per heavy atom. The molecule has 0 fully saturated rings. The van der Waals surface area contributed by atoms with E-state index in [0.29, 0.717) is 12.4 Å². The fourth-order valence-electron chi connectivity index (χ4n) is 2.52. The van der Waals surface area contributed by atoms with Crippen LogP contribution in [0.15, 0.2) is 60.9 Å². The van der Waals surface area contributed by atoms with Gasteiger partial charge in [-0.2, -0.15) is 0 Å². The van der Waals surface area contributed by atoms with Crippen LogP contribution in [-0.4, -0.2) is 22.5 Å². The summed E-state index contributed by atoms with van der Waals surface area (Å²) in [6.07, 6.45) is 2.33. The van der Waals surface area contributed by atoms with Crippen molar-refractivity contribution < 1.29 is 9.53 Å². The molecule has 0 aliphatic heterocycles. The van der Waals surface area contributed by atoms with Crippen molar-refractivity contribution in [3.63, 3.8) is 0 Å². The fraction of sp³-hybridized carbons (Fsp3) is 0.190. The second kappa shape index (κ2) is 8.80. The van der Waals surface area contributed by atoms with E-state index in [-0.39, 0.29) is 11.6 Å². The number of rotatable bonds is 7. The molecule has 1 heterocycles. The molecule has 0 bridgehead atoms. The molecule has 0 saturated carbocycles. The summed E-state index contributed by atoms with van der Waals surface area (Å²) in [7, 11) is 0. The summed E-state index contributed by atoms with van der Waals surface area (Å²) in [4.78, 5) is 20.7. The molecule has 0 saturated heterocycles. The summed E-state index contributed by atoms with van der Waals surface area (Å²) in [5.74, 6) is 1.07. The second-order valence-electron chi connectivity index (χ2n) is 5.88. The van der Waals surface area contributed by atoms with E-state index in [1.165, 1.54) is 11.9 Å². The van der Waals surface area contributed by atoms with Crippen molar-refractivity contribution in [2.24, 2.45) is 0 Å². The summed E-state index contributed by atoms with van der Waals surface area (Å²) in [6, 6.07) is 16.9. The van der Waals surface area contributed by atoms with Gasteiger partial charge in [0.05, 0.1) is 6.61 Å². The van der Waals surface area contributed by atoms with Gasteiger partial charge in [-0.1, -0.05) is 19.1 Å². The highest BCUT2D eigenvalue weighted by molar-refractivity contribution is 6.03. The molecule has 1 aromatic heterocycles. The van der Waals surface area contributed by atoms with Crippen LogP contribution >= 0.6 is 0 Å². The Bertz CT molecular complexity index is 893. The molecule has 0 spiro atoms. The number of carbonyl (C=O) groups is 1. The molecule has 0 atom stereocenters. The van der Waals surface area contributed by atoms with E-state index in [2.05, 4.69) is 27.5 Å². The van der Waals surface area contributed by atoms with Crippen LogP contribution in [0.25, 0.3) is 0 Å². The van der Waals surface area contributed by atoms with Gasteiger partial charge in [0.15, 0.2) is 0 Å². The van der Waals surface area contributed by atoms with Gasteiger partial charge in [-0.3, -0.25) is 4.79 Å². The highest BCUT2D eigenvalue weighted by atomic mass is 16.5. The standard InChI is InChI=1S/C21H22N4O2/c1-3-15-5-7-17(8-6-15)25-21(26)19-13-20(23-14-22-19)24-16-9-11-18(12-10-16)27-4-2/h5-14H,3-4H2,1-2H3,(H,25,26)(H,22,23,24). The number of amides is 1. The monoisotopic (exact) mass is 362 g/mol. The lowest BCUT2D eigenvalue weighted by molar-refractivity contribution is 0.102. The zero-order chi connectivity index (χ0) is 19.1. The topological polar surface area (TPSA) is 76.1 Å². The lowest BCUT2D eigenvalue weighted by atomic mass is 10.1. The van der Waals surface area contributed by atoms with Gasteiger partial charge in [-0.25, -0.2) is 9.97 Å². The molecule has 0 aliphatic carbocycles. The van der Waals surface area contributed by atoms with Crippen LogP contribution in [0.4, 0.5) is 17.2 Å². The maximum Gasteiger partial charge on any atom is 0.274 e. The minimum atomic E-state index is -0.281. The van der Waals surface area contributed by atoms with E-state index < -0.39 is 0 Å². The third kappa shape index (κ3) is 5.04. The van der Waals surface area contributed by atoms with Crippen LogP contribution < -0.4 is 15.4 Å². The van der Waals surface area contributed by atoms with Gasteiger partial charge in [0, 0.05) is 17.4 Å². The van der Waals surface area contributed by atoms with Crippen molar-refractivity contribution in [3.05, 3.63) is 72.2 Å². The summed E-state index contributed by atoms with van der Waals surface area (Å²) in [5, 5.41) is 6.01. The Labute approximate surface area is 158 Å². The SMILES string of the molecule is CCOc1ccc(Nc2cc(C(=O)Nc3ccc(CC)cc3)ncn2)cc1. The van der Waals surface area contributed by atoms with E-state index in [1.807, 2.05) is 55.5 Å². The minimum absolute atomic E-state index is 0.281. The first-order chi connectivity index (χ1) is 13.2. The van der Waals surface area contributed by atoms with Crippen molar-refractivity contribution in [2.75, 3.05) is 17.2 Å². The number of aryl methyl sites for hydroxylation is 1. The largest absolute Gasteiger partial charge is 0.494 e. The van der Waals surface area contributed by atoms with E-state index >= 15 is 0 Å². The van der Waals surface area contributed by atoms with Gasteiger partial charge in [0.25, 0.3) is 5.91 Å². The third-order valence-electron chi connectivity index (χ3n) is 3.96. The quantitative estimate of drug-likeness (QED) is 0.650. The lowest BCUT2D eigenvalue weighted by Gasteiger charge is -2.09. The molecule has 1 amide bonds. The van der Waals surface area contributed by atoms with Crippen molar-refractivity contribution in [1.29, 1.82) is 0 Å². The number of aromatic nitrogens is 2. The fourth-order valence-corrected chi connectivity index (χ4v) is 2.52. The van der Waals surface area contributed by atoms with Crippen LogP contribution in [0.5, 0.6) is 5.75 Å². The van der Waals surface area contributed by atoms with Gasteiger partial charge >= 0.3 is 0 Å². The summed E-state index contributed by atoms with van der Waals surface area (Å²) in [5.41, 5.74) is 3.09. The highest BCUT2D eigenvalue weighted by Gasteiger charge is 2.09. The molecule has 0 radical (unpaired) electrons. The van der Waals surface area contributed by atoms with Crippen molar-refractivity contribution in [3.8, 4) is 5.75 Å². The number of ether oxygens (including phenoxy) is 1. The number of benzene rings is 2. The Morgan fingerprint density at radius 1 is 0.963 bits per heavy atom. The molecule has 6 heteroatoms. The van der Waals surface area contributed by atoms with E-state index in [9.17, 15) is 4.79 Å². The molecule has 0 aliphatic rings. The normalized spacial score (nSPS) is 10.3. The first-order valence-electron chi connectivity index (χ1n) is 8.90. The maximum atomic E-state index is 12.4. The van der Waals surface area contributed by atoms with Crippen molar-refractivity contribution >= 4 is 23.1 Å². The minimum Gasteiger partial charge on any atom is -0.494 e. The summed E-state index contributed by atoms with van der Waals surface area (Å²) >= 11 is 0. The molecule has 138 valence electrons. The molecule has 2 aromatic carbocycles. The predicted molar refractivity (Wildman–Crippen MR) is 107 cm³/mol. The van der Waals surface area contributed by atoms with Crippen molar-refractivity contribution in [1.82, 2.24) is 9.97 Å².